The molecule has 0 radical (unpaired) electrons. The van der Waals surface area contributed by atoms with Gasteiger partial charge in [0.1, 0.15) is 0 Å². The van der Waals surface area contributed by atoms with Gasteiger partial charge >= 0.3 is 0 Å². The summed E-state index contributed by atoms with van der Waals surface area (Å²) >= 11 is 0. The van der Waals surface area contributed by atoms with Gasteiger partial charge in [-0.3, -0.25) is 9.59 Å². The van der Waals surface area contributed by atoms with E-state index in [0.717, 1.165) is 18.5 Å². The summed E-state index contributed by atoms with van der Waals surface area (Å²) in [7, 11) is 0. The Morgan fingerprint density at radius 2 is 1.68 bits per heavy atom. The largest absolute Gasteiger partial charge is 0.396 e. The second-order valence-corrected chi connectivity index (χ2v) is 4.72. The van der Waals surface area contributed by atoms with Gasteiger partial charge < -0.3 is 15.7 Å². The van der Waals surface area contributed by atoms with E-state index in [2.05, 4.69) is 10.6 Å². The van der Waals surface area contributed by atoms with Crippen molar-refractivity contribution in [2.75, 3.05) is 17.2 Å². The minimum atomic E-state index is -0.121. The Morgan fingerprint density at radius 1 is 1.11 bits per heavy atom. The van der Waals surface area contributed by atoms with Crippen molar-refractivity contribution in [3.63, 3.8) is 0 Å². The summed E-state index contributed by atoms with van der Waals surface area (Å²) in [5.41, 5.74) is 1.43. The monoisotopic (exact) mass is 262 g/mol. The van der Waals surface area contributed by atoms with Gasteiger partial charge in [-0.15, -0.1) is 0 Å². The van der Waals surface area contributed by atoms with E-state index in [1.165, 1.54) is 0 Å². The molecule has 1 aromatic carbocycles. The Kier molecular flexibility index (Phi) is 4.52. The van der Waals surface area contributed by atoms with Crippen molar-refractivity contribution >= 4 is 23.2 Å². The highest BCUT2D eigenvalue weighted by Gasteiger charge is 2.29. The van der Waals surface area contributed by atoms with E-state index in [0.29, 0.717) is 18.5 Å². The highest BCUT2D eigenvalue weighted by atomic mass is 16.3. The van der Waals surface area contributed by atoms with Crippen molar-refractivity contribution in [1.82, 2.24) is 0 Å². The first-order chi connectivity index (χ1) is 9.19. The van der Waals surface area contributed by atoms with Crippen LogP contribution in [0.2, 0.25) is 0 Å². The number of hydrogen-bond acceptors (Lipinski definition) is 3. The van der Waals surface area contributed by atoms with Gasteiger partial charge in [0.05, 0.1) is 0 Å². The third-order valence-electron chi connectivity index (χ3n) is 2.95. The molecule has 0 saturated heterocycles. The number of aliphatic hydroxyl groups is 1. The van der Waals surface area contributed by atoms with E-state index in [1.54, 1.807) is 24.3 Å². The van der Waals surface area contributed by atoms with E-state index in [9.17, 15) is 9.59 Å². The van der Waals surface area contributed by atoms with E-state index in [1.807, 2.05) is 0 Å². The zero-order valence-corrected chi connectivity index (χ0v) is 10.7. The molecular weight excluding hydrogens is 244 g/mol. The summed E-state index contributed by atoms with van der Waals surface area (Å²) in [5, 5.41) is 14.2. The van der Waals surface area contributed by atoms with Crippen molar-refractivity contribution < 1.29 is 14.7 Å². The summed E-state index contributed by atoms with van der Waals surface area (Å²) < 4.78 is 0. The number of amides is 2. The molecular formula is C14H18N2O3. The fourth-order valence-electron chi connectivity index (χ4n) is 1.69. The molecule has 1 saturated carbocycles. The van der Waals surface area contributed by atoms with Crippen LogP contribution in [0.5, 0.6) is 0 Å². The van der Waals surface area contributed by atoms with E-state index < -0.39 is 0 Å². The van der Waals surface area contributed by atoms with Crippen LogP contribution in [-0.2, 0) is 9.59 Å². The van der Waals surface area contributed by atoms with Crippen LogP contribution < -0.4 is 10.6 Å². The molecule has 19 heavy (non-hydrogen) atoms. The number of nitrogens with one attached hydrogen (secondary N) is 2. The first-order valence-corrected chi connectivity index (χ1v) is 6.50. The number of carbonyl (C=O) groups is 2. The Balaban J connectivity index is 1.83. The van der Waals surface area contributed by atoms with Crippen LogP contribution in [0.1, 0.15) is 25.7 Å². The number of aliphatic hydroxyl groups excluding tert-OH is 1. The molecule has 0 bridgehead atoms. The SMILES string of the molecule is O=C(CCCO)Nc1ccc(NC(=O)C2CC2)cc1. The zero-order chi connectivity index (χ0) is 13.7. The number of rotatable bonds is 6. The fourth-order valence-corrected chi connectivity index (χ4v) is 1.69. The van der Waals surface area contributed by atoms with Crippen LogP contribution >= 0.6 is 0 Å². The highest BCUT2D eigenvalue weighted by molar-refractivity contribution is 5.95. The maximum atomic E-state index is 11.6. The molecule has 5 heteroatoms. The molecule has 0 aliphatic heterocycles. The minimum absolute atomic E-state index is 0.0134. The van der Waals surface area contributed by atoms with E-state index >= 15 is 0 Å². The second kappa shape index (κ2) is 6.33. The molecule has 3 N–H and O–H groups in total. The van der Waals surface area contributed by atoms with Gasteiger partial charge in [0.15, 0.2) is 0 Å². The number of carbonyl (C=O) groups excluding carboxylic acids is 2. The smallest absolute Gasteiger partial charge is 0.227 e. The lowest BCUT2D eigenvalue weighted by Crippen LogP contribution is -2.14. The van der Waals surface area contributed by atoms with Gasteiger partial charge in [0.2, 0.25) is 11.8 Å². The third-order valence-corrected chi connectivity index (χ3v) is 2.95. The van der Waals surface area contributed by atoms with Crippen LogP contribution in [0.4, 0.5) is 11.4 Å². The summed E-state index contributed by atoms with van der Waals surface area (Å²) in [5.74, 6) is 0.126. The van der Waals surface area contributed by atoms with Crippen molar-refractivity contribution in [3.8, 4) is 0 Å². The standard InChI is InChI=1S/C14H18N2O3/c17-9-1-2-13(18)15-11-5-7-12(8-6-11)16-14(19)10-3-4-10/h5-8,10,17H,1-4,9H2,(H,15,18)(H,16,19). The van der Waals surface area contributed by atoms with Crippen molar-refractivity contribution in [2.45, 2.75) is 25.7 Å². The van der Waals surface area contributed by atoms with E-state index in [4.69, 9.17) is 5.11 Å². The molecule has 5 nitrogen and oxygen atoms in total. The molecule has 2 rings (SSSR count). The topological polar surface area (TPSA) is 78.4 Å². The van der Waals surface area contributed by atoms with Crippen molar-refractivity contribution in [1.29, 1.82) is 0 Å². The fraction of sp³-hybridized carbons (Fsp3) is 0.429. The zero-order valence-electron chi connectivity index (χ0n) is 10.7. The van der Waals surface area contributed by atoms with Crippen LogP contribution in [0.15, 0.2) is 24.3 Å². The summed E-state index contributed by atoms with van der Waals surface area (Å²) in [6, 6.07) is 7.03. The molecule has 1 aliphatic rings. The summed E-state index contributed by atoms with van der Waals surface area (Å²) in [6.45, 7) is 0.0134. The van der Waals surface area contributed by atoms with Crippen LogP contribution in [0.25, 0.3) is 0 Å². The highest BCUT2D eigenvalue weighted by Crippen LogP contribution is 2.30. The van der Waals surface area contributed by atoms with Gasteiger partial charge in [-0.1, -0.05) is 0 Å². The molecule has 1 aliphatic carbocycles. The molecule has 102 valence electrons. The molecule has 0 spiro atoms. The van der Waals surface area contributed by atoms with Gasteiger partial charge in [0, 0.05) is 30.3 Å². The van der Waals surface area contributed by atoms with Gasteiger partial charge in [-0.25, -0.2) is 0 Å². The quantitative estimate of drug-likeness (QED) is 0.730. The Labute approximate surface area is 112 Å². The first kappa shape index (κ1) is 13.5. The number of hydrogen-bond donors (Lipinski definition) is 3. The predicted octanol–water partition coefficient (Wildman–Crippen LogP) is 1.75. The minimum Gasteiger partial charge on any atom is -0.396 e. The number of anilines is 2. The molecule has 0 heterocycles. The lowest BCUT2D eigenvalue weighted by Gasteiger charge is -2.07. The summed E-state index contributed by atoms with van der Waals surface area (Å²) in [6.07, 6.45) is 2.72. The van der Waals surface area contributed by atoms with Gasteiger partial charge in [-0.2, -0.15) is 0 Å². The molecule has 1 aromatic rings. The maximum Gasteiger partial charge on any atom is 0.227 e. The lowest BCUT2D eigenvalue weighted by molar-refractivity contribution is -0.117. The van der Waals surface area contributed by atoms with Gasteiger partial charge in [-0.05, 0) is 43.5 Å². The van der Waals surface area contributed by atoms with Crippen molar-refractivity contribution in [2.24, 2.45) is 5.92 Å². The Bertz CT molecular complexity index is 452. The van der Waals surface area contributed by atoms with Crippen molar-refractivity contribution in [3.05, 3.63) is 24.3 Å². The second-order valence-electron chi connectivity index (χ2n) is 4.72. The van der Waals surface area contributed by atoms with E-state index in [-0.39, 0.29) is 24.3 Å². The van der Waals surface area contributed by atoms with Crippen LogP contribution in [0.3, 0.4) is 0 Å². The third kappa shape index (κ3) is 4.37. The molecule has 2 amide bonds. The molecule has 0 unspecified atom stereocenters. The lowest BCUT2D eigenvalue weighted by atomic mass is 10.2. The maximum absolute atomic E-state index is 11.6. The normalized spacial score (nSPS) is 13.9. The van der Waals surface area contributed by atoms with Crippen LogP contribution in [-0.4, -0.2) is 23.5 Å². The predicted molar refractivity (Wildman–Crippen MR) is 72.7 cm³/mol. The first-order valence-electron chi connectivity index (χ1n) is 6.50. The van der Waals surface area contributed by atoms with Crippen LogP contribution in [0, 0.1) is 5.92 Å². The number of benzene rings is 1. The molecule has 0 aromatic heterocycles. The average Bonchev–Trinajstić information content (AvgIpc) is 3.23. The Hall–Kier alpha value is -1.88. The molecule has 1 fully saturated rings. The molecule has 0 atom stereocenters. The average molecular weight is 262 g/mol. The van der Waals surface area contributed by atoms with Gasteiger partial charge in [0.25, 0.3) is 0 Å². The Morgan fingerprint density at radius 3 is 2.21 bits per heavy atom. The summed E-state index contributed by atoms with van der Waals surface area (Å²) in [4.78, 5) is 23.0.